The highest BCUT2D eigenvalue weighted by atomic mass is 35.5. The minimum absolute atomic E-state index is 0. The van der Waals surface area contributed by atoms with Crippen LogP contribution in [-0.4, -0.2) is 10.9 Å². The average Bonchev–Trinajstić information content (AvgIpc) is 1.85. The summed E-state index contributed by atoms with van der Waals surface area (Å²) in [6.45, 7) is 4.24. The third kappa shape index (κ3) is 2.93. The van der Waals surface area contributed by atoms with Crippen molar-refractivity contribution in [2.24, 2.45) is 11.1 Å². The van der Waals surface area contributed by atoms with Crippen LogP contribution in [-0.2, 0) is 0 Å². The largest absolute Gasteiger partial charge is 0.411 e. The SMILES string of the molecule is CC1=C/C(=N\O)CC(C)C1.Cl. The minimum Gasteiger partial charge on any atom is -0.411 e. The van der Waals surface area contributed by atoms with Gasteiger partial charge in [0.25, 0.3) is 0 Å². The molecule has 1 unspecified atom stereocenters. The van der Waals surface area contributed by atoms with Crippen molar-refractivity contribution >= 4 is 18.1 Å². The van der Waals surface area contributed by atoms with Crippen LogP contribution in [0, 0.1) is 5.92 Å². The summed E-state index contributed by atoms with van der Waals surface area (Å²) < 4.78 is 0. The van der Waals surface area contributed by atoms with Gasteiger partial charge in [-0.2, -0.15) is 0 Å². The average molecular weight is 176 g/mol. The molecule has 0 aromatic heterocycles. The van der Waals surface area contributed by atoms with Gasteiger partial charge in [0.15, 0.2) is 0 Å². The van der Waals surface area contributed by atoms with E-state index in [0.717, 1.165) is 18.6 Å². The lowest BCUT2D eigenvalue weighted by atomic mass is 9.90. The molecular weight excluding hydrogens is 162 g/mol. The van der Waals surface area contributed by atoms with Crippen LogP contribution in [0.5, 0.6) is 0 Å². The number of rotatable bonds is 0. The molecule has 1 aliphatic rings. The second-order valence-corrected chi connectivity index (χ2v) is 3.10. The zero-order chi connectivity index (χ0) is 7.56. The van der Waals surface area contributed by atoms with Crippen LogP contribution < -0.4 is 0 Å². The summed E-state index contributed by atoms with van der Waals surface area (Å²) in [7, 11) is 0. The van der Waals surface area contributed by atoms with Crippen molar-refractivity contribution in [3.05, 3.63) is 11.6 Å². The first-order valence-electron chi connectivity index (χ1n) is 3.60. The lowest BCUT2D eigenvalue weighted by Crippen LogP contribution is -2.10. The van der Waals surface area contributed by atoms with Crippen molar-refractivity contribution in [3.63, 3.8) is 0 Å². The highest BCUT2D eigenvalue weighted by Crippen LogP contribution is 2.20. The Labute approximate surface area is 73.4 Å². The van der Waals surface area contributed by atoms with Crippen LogP contribution in [0.1, 0.15) is 26.7 Å². The van der Waals surface area contributed by atoms with Gasteiger partial charge in [0, 0.05) is 0 Å². The van der Waals surface area contributed by atoms with Gasteiger partial charge in [-0.25, -0.2) is 0 Å². The highest BCUT2D eigenvalue weighted by Gasteiger charge is 2.12. The van der Waals surface area contributed by atoms with Crippen LogP contribution in [0.25, 0.3) is 0 Å². The van der Waals surface area contributed by atoms with E-state index in [0.29, 0.717) is 5.92 Å². The number of nitrogens with zero attached hydrogens (tertiary/aromatic N) is 1. The molecule has 0 saturated carbocycles. The molecule has 0 bridgehead atoms. The van der Waals surface area contributed by atoms with E-state index in [9.17, 15) is 0 Å². The van der Waals surface area contributed by atoms with Crippen LogP contribution in [0.4, 0.5) is 0 Å². The predicted octanol–water partition coefficient (Wildman–Crippen LogP) is 2.61. The molecular formula is C8H14ClNO. The second kappa shape index (κ2) is 4.39. The first-order chi connectivity index (χ1) is 4.72. The molecule has 0 aromatic rings. The molecule has 0 saturated heterocycles. The van der Waals surface area contributed by atoms with Gasteiger partial charge < -0.3 is 5.21 Å². The van der Waals surface area contributed by atoms with Crippen molar-refractivity contribution < 1.29 is 5.21 Å². The Morgan fingerprint density at radius 3 is 2.64 bits per heavy atom. The molecule has 1 aliphatic carbocycles. The van der Waals surface area contributed by atoms with Gasteiger partial charge in [-0.3, -0.25) is 0 Å². The van der Waals surface area contributed by atoms with E-state index in [1.54, 1.807) is 0 Å². The lowest BCUT2D eigenvalue weighted by Gasteiger charge is -2.16. The van der Waals surface area contributed by atoms with E-state index >= 15 is 0 Å². The molecule has 11 heavy (non-hydrogen) atoms. The molecule has 0 radical (unpaired) electrons. The number of halogens is 1. The number of allylic oxidation sites excluding steroid dienone is 2. The van der Waals surface area contributed by atoms with Crippen molar-refractivity contribution in [1.29, 1.82) is 0 Å². The van der Waals surface area contributed by atoms with Gasteiger partial charge in [-0.05, 0) is 31.8 Å². The fourth-order valence-corrected chi connectivity index (χ4v) is 1.45. The Kier molecular flexibility index (Phi) is 4.19. The molecule has 2 nitrogen and oxygen atoms in total. The fraction of sp³-hybridized carbons (Fsp3) is 0.625. The molecule has 1 N–H and O–H groups in total. The zero-order valence-corrected chi connectivity index (χ0v) is 7.69. The summed E-state index contributed by atoms with van der Waals surface area (Å²) in [5.74, 6) is 0.635. The predicted molar refractivity (Wildman–Crippen MR) is 48.6 cm³/mol. The van der Waals surface area contributed by atoms with Gasteiger partial charge in [-0.15, -0.1) is 12.4 Å². The summed E-state index contributed by atoms with van der Waals surface area (Å²) in [4.78, 5) is 0. The number of oxime groups is 1. The summed E-state index contributed by atoms with van der Waals surface area (Å²) in [5, 5.41) is 11.7. The molecule has 0 aliphatic heterocycles. The molecule has 1 rings (SSSR count). The molecule has 0 spiro atoms. The number of hydrogen-bond acceptors (Lipinski definition) is 2. The smallest absolute Gasteiger partial charge is 0.0797 e. The van der Waals surface area contributed by atoms with Crippen molar-refractivity contribution in [3.8, 4) is 0 Å². The Bertz CT molecular complexity index is 187. The van der Waals surface area contributed by atoms with Gasteiger partial charge in [0.2, 0.25) is 0 Å². The van der Waals surface area contributed by atoms with E-state index in [4.69, 9.17) is 5.21 Å². The topological polar surface area (TPSA) is 32.6 Å². The maximum atomic E-state index is 8.47. The molecule has 0 amide bonds. The summed E-state index contributed by atoms with van der Waals surface area (Å²) in [5.41, 5.74) is 2.13. The third-order valence-corrected chi connectivity index (χ3v) is 1.77. The quantitative estimate of drug-likeness (QED) is 0.446. The molecule has 64 valence electrons. The summed E-state index contributed by atoms with van der Waals surface area (Å²) >= 11 is 0. The molecule has 3 heteroatoms. The Morgan fingerprint density at radius 1 is 1.55 bits per heavy atom. The first-order valence-corrected chi connectivity index (χ1v) is 3.60. The highest BCUT2D eigenvalue weighted by molar-refractivity contribution is 5.95. The third-order valence-electron chi connectivity index (χ3n) is 1.77. The summed E-state index contributed by atoms with van der Waals surface area (Å²) in [6, 6.07) is 0. The Hall–Kier alpha value is -0.500. The van der Waals surface area contributed by atoms with Gasteiger partial charge in [0.05, 0.1) is 5.71 Å². The Balaban J connectivity index is 0.000001000. The summed E-state index contributed by atoms with van der Waals surface area (Å²) in [6.07, 6.45) is 4.01. The van der Waals surface area contributed by atoms with E-state index < -0.39 is 0 Å². The molecule has 0 aromatic carbocycles. The normalized spacial score (nSPS) is 27.6. The molecule has 1 atom stereocenters. The van der Waals surface area contributed by atoms with Gasteiger partial charge in [-0.1, -0.05) is 17.7 Å². The van der Waals surface area contributed by atoms with Crippen LogP contribution in [0.15, 0.2) is 16.8 Å². The minimum atomic E-state index is 0. The Morgan fingerprint density at radius 2 is 2.18 bits per heavy atom. The van der Waals surface area contributed by atoms with Crippen molar-refractivity contribution in [2.45, 2.75) is 26.7 Å². The lowest BCUT2D eigenvalue weighted by molar-refractivity contribution is 0.316. The first kappa shape index (κ1) is 10.5. The second-order valence-electron chi connectivity index (χ2n) is 3.10. The standard InChI is InChI=1S/C8H13NO.ClH/c1-6-3-7(2)5-8(4-6)9-10;/h4,7,10H,3,5H2,1-2H3;1H/b9-8+;. The molecule has 0 heterocycles. The zero-order valence-electron chi connectivity index (χ0n) is 6.87. The molecule has 0 fully saturated rings. The monoisotopic (exact) mass is 175 g/mol. The van der Waals surface area contributed by atoms with E-state index in [-0.39, 0.29) is 12.4 Å². The van der Waals surface area contributed by atoms with Crippen molar-refractivity contribution in [2.75, 3.05) is 0 Å². The van der Waals surface area contributed by atoms with E-state index in [1.807, 2.05) is 6.08 Å². The maximum Gasteiger partial charge on any atom is 0.0797 e. The van der Waals surface area contributed by atoms with E-state index in [2.05, 4.69) is 19.0 Å². The van der Waals surface area contributed by atoms with Crippen LogP contribution in [0.3, 0.4) is 0 Å². The van der Waals surface area contributed by atoms with Crippen LogP contribution >= 0.6 is 12.4 Å². The van der Waals surface area contributed by atoms with Gasteiger partial charge >= 0.3 is 0 Å². The maximum absolute atomic E-state index is 8.47. The van der Waals surface area contributed by atoms with Crippen molar-refractivity contribution in [1.82, 2.24) is 0 Å². The fourth-order valence-electron chi connectivity index (χ4n) is 1.45. The van der Waals surface area contributed by atoms with Gasteiger partial charge in [0.1, 0.15) is 0 Å². The van der Waals surface area contributed by atoms with Crippen LogP contribution in [0.2, 0.25) is 0 Å². The van der Waals surface area contributed by atoms with E-state index in [1.165, 1.54) is 5.57 Å². The number of hydrogen-bond donors (Lipinski definition) is 1.